The second-order valence-corrected chi connectivity index (χ2v) is 6.15. The van der Waals surface area contributed by atoms with Gasteiger partial charge in [0, 0.05) is 19.1 Å². The molecule has 1 saturated heterocycles. The van der Waals surface area contributed by atoms with Gasteiger partial charge in [-0.3, -0.25) is 4.79 Å². The van der Waals surface area contributed by atoms with Gasteiger partial charge in [-0.1, -0.05) is 18.6 Å². The Hall–Kier alpha value is -1.55. The van der Waals surface area contributed by atoms with Crippen molar-refractivity contribution in [3.63, 3.8) is 0 Å². The van der Waals surface area contributed by atoms with Gasteiger partial charge < -0.3 is 14.7 Å². The lowest BCUT2D eigenvalue weighted by Gasteiger charge is -2.41. The monoisotopic (exact) mass is 289 g/mol. The van der Waals surface area contributed by atoms with E-state index in [9.17, 15) is 4.79 Å². The first-order valence-corrected chi connectivity index (χ1v) is 7.92. The zero-order valence-corrected chi connectivity index (χ0v) is 12.3. The number of rotatable bonds is 5. The van der Waals surface area contributed by atoms with E-state index in [0.717, 1.165) is 43.3 Å². The molecule has 1 saturated carbocycles. The number of ether oxygens (including phenoxy) is 1. The fourth-order valence-corrected chi connectivity index (χ4v) is 3.16. The summed E-state index contributed by atoms with van der Waals surface area (Å²) in [7, 11) is 0. The summed E-state index contributed by atoms with van der Waals surface area (Å²) in [5.41, 5.74) is 0.814. The van der Waals surface area contributed by atoms with Crippen molar-refractivity contribution in [2.75, 3.05) is 13.1 Å². The number of hydrogen-bond donors (Lipinski definition) is 1. The number of nitrogens with zero attached hydrogens (tertiary/aromatic N) is 1. The Bertz CT molecular complexity index is 473. The molecule has 21 heavy (non-hydrogen) atoms. The number of carboxylic acids is 1. The SMILES string of the molecule is O=C(O)Cc1ccc(OC2CCN(C3CCC3)CC2)cc1. The maximum Gasteiger partial charge on any atom is 0.307 e. The van der Waals surface area contributed by atoms with Crippen molar-refractivity contribution in [3.05, 3.63) is 29.8 Å². The molecule has 0 aromatic heterocycles. The fourth-order valence-electron chi connectivity index (χ4n) is 3.16. The van der Waals surface area contributed by atoms with E-state index >= 15 is 0 Å². The first-order valence-electron chi connectivity index (χ1n) is 7.92. The summed E-state index contributed by atoms with van der Waals surface area (Å²) in [6.07, 6.45) is 6.68. The van der Waals surface area contributed by atoms with E-state index in [-0.39, 0.29) is 6.42 Å². The highest BCUT2D eigenvalue weighted by Crippen LogP contribution is 2.28. The van der Waals surface area contributed by atoms with Crippen LogP contribution < -0.4 is 4.74 Å². The highest BCUT2D eigenvalue weighted by Gasteiger charge is 2.29. The molecule has 0 unspecified atom stereocenters. The Morgan fingerprint density at radius 3 is 2.33 bits per heavy atom. The van der Waals surface area contributed by atoms with Crippen LogP contribution in [0.15, 0.2) is 24.3 Å². The van der Waals surface area contributed by atoms with Gasteiger partial charge in [-0.25, -0.2) is 0 Å². The summed E-state index contributed by atoms with van der Waals surface area (Å²) in [5, 5.41) is 8.76. The van der Waals surface area contributed by atoms with E-state index in [4.69, 9.17) is 9.84 Å². The van der Waals surface area contributed by atoms with Crippen LogP contribution in [0.2, 0.25) is 0 Å². The van der Waals surface area contributed by atoms with E-state index in [1.807, 2.05) is 24.3 Å². The normalized spacial score (nSPS) is 21.0. The minimum absolute atomic E-state index is 0.0695. The molecule has 1 aromatic rings. The van der Waals surface area contributed by atoms with Crippen LogP contribution in [-0.2, 0) is 11.2 Å². The molecule has 0 radical (unpaired) electrons. The van der Waals surface area contributed by atoms with Gasteiger partial charge in [-0.15, -0.1) is 0 Å². The number of carbonyl (C=O) groups is 1. The number of aliphatic carboxylic acids is 1. The average Bonchev–Trinajstić information content (AvgIpc) is 2.41. The smallest absolute Gasteiger partial charge is 0.307 e. The number of hydrogen-bond acceptors (Lipinski definition) is 3. The highest BCUT2D eigenvalue weighted by molar-refractivity contribution is 5.70. The van der Waals surface area contributed by atoms with Crippen molar-refractivity contribution in [1.29, 1.82) is 0 Å². The Morgan fingerprint density at radius 1 is 1.14 bits per heavy atom. The van der Waals surface area contributed by atoms with Crippen molar-refractivity contribution in [2.24, 2.45) is 0 Å². The Kier molecular flexibility index (Phi) is 4.44. The van der Waals surface area contributed by atoms with Crippen LogP contribution in [0.25, 0.3) is 0 Å². The number of likely N-dealkylation sites (tertiary alicyclic amines) is 1. The van der Waals surface area contributed by atoms with Gasteiger partial charge in [0.2, 0.25) is 0 Å². The van der Waals surface area contributed by atoms with Crippen molar-refractivity contribution in [2.45, 2.75) is 50.7 Å². The lowest BCUT2D eigenvalue weighted by atomic mass is 9.90. The molecular weight excluding hydrogens is 266 g/mol. The van der Waals surface area contributed by atoms with E-state index in [1.54, 1.807) is 0 Å². The average molecular weight is 289 g/mol. The number of carboxylic acid groups (broad SMARTS) is 1. The first kappa shape index (κ1) is 14.4. The molecule has 1 N–H and O–H groups in total. The number of piperidine rings is 1. The summed E-state index contributed by atoms with van der Waals surface area (Å²) in [6, 6.07) is 8.29. The molecule has 2 fully saturated rings. The van der Waals surface area contributed by atoms with Gasteiger partial charge in [0.1, 0.15) is 11.9 Å². The van der Waals surface area contributed by atoms with Crippen molar-refractivity contribution in [1.82, 2.24) is 4.90 Å². The summed E-state index contributed by atoms with van der Waals surface area (Å²) < 4.78 is 6.02. The molecular formula is C17H23NO3. The topological polar surface area (TPSA) is 49.8 Å². The second-order valence-electron chi connectivity index (χ2n) is 6.15. The van der Waals surface area contributed by atoms with Gasteiger partial charge in [-0.05, 0) is 43.4 Å². The van der Waals surface area contributed by atoms with E-state index in [2.05, 4.69) is 4.90 Å². The van der Waals surface area contributed by atoms with Crippen molar-refractivity contribution >= 4 is 5.97 Å². The molecule has 0 spiro atoms. The summed E-state index contributed by atoms with van der Waals surface area (Å²) >= 11 is 0. The maximum atomic E-state index is 10.6. The van der Waals surface area contributed by atoms with Gasteiger partial charge in [0.15, 0.2) is 0 Å². The second kappa shape index (κ2) is 6.48. The van der Waals surface area contributed by atoms with Crippen LogP contribution in [-0.4, -0.2) is 41.2 Å². The zero-order valence-electron chi connectivity index (χ0n) is 12.3. The van der Waals surface area contributed by atoms with Crippen LogP contribution in [0.5, 0.6) is 5.75 Å². The lowest BCUT2D eigenvalue weighted by molar-refractivity contribution is -0.136. The largest absolute Gasteiger partial charge is 0.490 e. The van der Waals surface area contributed by atoms with Crippen LogP contribution in [0, 0.1) is 0 Å². The Balaban J connectivity index is 1.47. The predicted octanol–water partition coefficient (Wildman–Crippen LogP) is 2.71. The molecule has 1 aromatic carbocycles. The third-order valence-electron chi connectivity index (χ3n) is 4.65. The Morgan fingerprint density at radius 2 is 1.81 bits per heavy atom. The summed E-state index contributed by atoms with van der Waals surface area (Å²) in [4.78, 5) is 13.3. The predicted molar refractivity (Wildman–Crippen MR) is 80.6 cm³/mol. The van der Waals surface area contributed by atoms with Gasteiger partial charge >= 0.3 is 5.97 Å². The van der Waals surface area contributed by atoms with Gasteiger partial charge in [-0.2, -0.15) is 0 Å². The van der Waals surface area contributed by atoms with Crippen molar-refractivity contribution < 1.29 is 14.6 Å². The van der Waals surface area contributed by atoms with Crippen LogP contribution in [0.3, 0.4) is 0 Å². The minimum Gasteiger partial charge on any atom is -0.490 e. The molecule has 4 nitrogen and oxygen atoms in total. The van der Waals surface area contributed by atoms with Crippen LogP contribution in [0.1, 0.15) is 37.7 Å². The molecule has 0 bridgehead atoms. The molecule has 1 aliphatic carbocycles. The molecule has 2 aliphatic rings. The van der Waals surface area contributed by atoms with Gasteiger partial charge in [0.25, 0.3) is 0 Å². The molecule has 1 heterocycles. The molecule has 0 amide bonds. The maximum absolute atomic E-state index is 10.6. The minimum atomic E-state index is -0.799. The summed E-state index contributed by atoms with van der Waals surface area (Å²) in [5.74, 6) is 0.0540. The molecule has 1 aliphatic heterocycles. The highest BCUT2D eigenvalue weighted by atomic mass is 16.5. The Labute approximate surface area is 125 Å². The lowest BCUT2D eigenvalue weighted by Crippen LogP contribution is -2.46. The fraction of sp³-hybridized carbons (Fsp3) is 0.588. The zero-order chi connectivity index (χ0) is 14.7. The number of benzene rings is 1. The van der Waals surface area contributed by atoms with Gasteiger partial charge in [0.05, 0.1) is 6.42 Å². The van der Waals surface area contributed by atoms with E-state index < -0.39 is 5.97 Å². The van der Waals surface area contributed by atoms with E-state index in [1.165, 1.54) is 19.3 Å². The first-order chi connectivity index (χ1) is 10.2. The third-order valence-corrected chi connectivity index (χ3v) is 4.65. The standard InChI is InChI=1S/C17H23NO3/c19-17(20)12-13-4-6-15(7-5-13)21-16-8-10-18(11-9-16)14-2-1-3-14/h4-7,14,16H,1-3,8-12H2,(H,19,20). The molecule has 3 rings (SSSR count). The quantitative estimate of drug-likeness (QED) is 0.905. The third kappa shape index (κ3) is 3.76. The van der Waals surface area contributed by atoms with Crippen LogP contribution >= 0.6 is 0 Å². The van der Waals surface area contributed by atoms with Crippen molar-refractivity contribution in [3.8, 4) is 5.75 Å². The van der Waals surface area contributed by atoms with E-state index in [0.29, 0.717) is 6.10 Å². The molecule has 4 heteroatoms. The summed E-state index contributed by atoms with van der Waals surface area (Å²) in [6.45, 7) is 2.29. The molecule has 0 atom stereocenters. The molecule has 114 valence electrons. The van der Waals surface area contributed by atoms with Crippen LogP contribution in [0.4, 0.5) is 0 Å².